The van der Waals surface area contributed by atoms with Crippen LogP contribution in [-0.2, 0) is 10.3 Å². The summed E-state index contributed by atoms with van der Waals surface area (Å²) in [5.74, 6) is -2.53. The fourth-order valence-corrected chi connectivity index (χ4v) is 4.85. The lowest BCUT2D eigenvalue weighted by Gasteiger charge is -2.43. The number of carbonyl (C=O) groups is 1. The molecule has 2 heterocycles. The number of carbonyl (C=O) groups excluding carboxylic acids is 1. The topological polar surface area (TPSA) is 95.4 Å². The normalized spacial score (nSPS) is 20.1. The van der Waals surface area contributed by atoms with Crippen molar-refractivity contribution < 1.29 is 28.6 Å². The third-order valence-electron chi connectivity index (χ3n) is 5.49. The molecular formula is C22H15F6N5OS. The van der Waals surface area contributed by atoms with Crippen LogP contribution in [-0.4, -0.2) is 28.8 Å². The number of hydrogen-bond acceptors (Lipinski definition) is 5. The lowest BCUT2D eigenvalue weighted by atomic mass is 9.81. The number of amides is 1. The SMILES string of the molecule is CN1C(=O)C(c2ccc(F)c(-c3cncc(C#N)c3)c2)(c2ccccc2S(F)(F)(F)(F)F)N=C1N. The Morgan fingerprint density at radius 3 is 2.34 bits per heavy atom. The monoisotopic (exact) mass is 511 g/mol. The Hall–Kier alpha value is -4.05. The molecule has 0 saturated heterocycles. The maximum absolute atomic E-state index is 14.8. The molecule has 4 rings (SSSR count). The molecule has 2 aromatic carbocycles. The van der Waals surface area contributed by atoms with E-state index in [9.17, 15) is 28.6 Å². The van der Waals surface area contributed by atoms with Gasteiger partial charge in [0.15, 0.2) is 11.5 Å². The average molecular weight is 511 g/mol. The maximum atomic E-state index is 14.8. The van der Waals surface area contributed by atoms with Crippen LogP contribution in [0.25, 0.3) is 11.1 Å². The zero-order valence-electron chi connectivity index (χ0n) is 17.7. The Labute approximate surface area is 195 Å². The number of hydrogen-bond donors (Lipinski definition) is 1. The van der Waals surface area contributed by atoms with Gasteiger partial charge in [-0.15, -0.1) is 0 Å². The minimum Gasteiger partial charge on any atom is -0.369 e. The molecule has 35 heavy (non-hydrogen) atoms. The Morgan fingerprint density at radius 2 is 1.74 bits per heavy atom. The van der Waals surface area contributed by atoms with Crippen molar-refractivity contribution in [2.75, 3.05) is 7.05 Å². The van der Waals surface area contributed by atoms with Gasteiger partial charge in [-0.2, -0.15) is 5.26 Å². The van der Waals surface area contributed by atoms with Crippen LogP contribution < -0.4 is 5.73 Å². The first kappa shape index (κ1) is 24.1. The van der Waals surface area contributed by atoms with Crippen molar-refractivity contribution in [2.24, 2.45) is 10.7 Å². The standard InChI is InChI=1S/C22H15F6N5OS/c1-33-20(34)22(32-21(33)30,17-4-2-3-5-19(17)35(24,25,26,27)28)15-6-7-18(23)16(9-15)14-8-13(10-29)11-31-12-14/h2-9,11-12H,1H3,(H2,30,32). The molecule has 1 atom stereocenters. The Bertz CT molecular complexity index is 1470. The van der Waals surface area contributed by atoms with Crippen LogP contribution in [0.2, 0.25) is 0 Å². The van der Waals surface area contributed by atoms with Crippen LogP contribution in [0.15, 0.2) is 70.8 Å². The number of aromatic nitrogens is 1. The van der Waals surface area contributed by atoms with Crippen molar-refractivity contribution in [1.82, 2.24) is 9.88 Å². The number of aliphatic imine (C=N–C) groups is 1. The van der Waals surface area contributed by atoms with Gasteiger partial charge < -0.3 is 5.73 Å². The first-order valence-corrected chi connectivity index (χ1v) is 11.7. The molecular weight excluding hydrogens is 496 g/mol. The first-order chi connectivity index (χ1) is 16.1. The van der Waals surface area contributed by atoms with Crippen LogP contribution in [0.3, 0.4) is 0 Å². The second-order valence-corrected chi connectivity index (χ2v) is 10.2. The van der Waals surface area contributed by atoms with E-state index >= 15 is 0 Å². The molecule has 6 nitrogen and oxygen atoms in total. The molecule has 0 fully saturated rings. The molecule has 1 unspecified atom stereocenters. The van der Waals surface area contributed by atoms with E-state index in [1.165, 1.54) is 18.5 Å². The van der Waals surface area contributed by atoms with Gasteiger partial charge in [0.05, 0.1) is 5.56 Å². The molecule has 3 aromatic rings. The van der Waals surface area contributed by atoms with Gasteiger partial charge in [0.25, 0.3) is 5.91 Å². The molecule has 0 spiro atoms. The fraction of sp³-hybridized carbons (Fsp3) is 0.0909. The maximum Gasteiger partial charge on any atom is 0.310 e. The van der Waals surface area contributed by atoms with E-state index in [-0.39, 0.29) is 28.3 Å². The highest BCUT2D eigenvalue weighted by Gasteiger charge is 2.68. The summed E-state index contributed by atoms with van der Waals surface area (Å²) in [6.07, 6.45) is 2.40. The Balaban J connectivity index is 2.09. The minimum atomic E-state index is -10.3. The summed E-state index contributed by atoms with van der Waals surface area (Å²) in [6.45, 7) is 0. The number of guanidine groups is 1. The number of rotatable bonds is 4. The van der Waals surface area contributed by atoms with E-state index in [0.717, 1.165) is 42.3 Å². The summed E-state index contributed by atoms with van der Waals surface area (Å²) >= 11 is 0. The Kier molecular flexibility index (Phi) is 4.81. The predicted molar refractivity (Wildman–Crippen MR) is 117 cm³/mol. The van der Waals surface area contributed by atoms with Gasteiger partial charge in [0.2, 0.25) is 0 Å². The van der Waals surface area contributed by atoms with E-state index < -0.39 is 43.9 Å². The number of pyridine rings is 1. The molecule has 1 amide bonds. The zero-order valence-corrected chi connectivity index (χ0v) is 18.5. The number of nitrogens with two attached hydrogens (primary N) is 1. The number of halogens is 6. The second-order valence-electron chi connectivity index (χ2n) is 7.78. The molecule has 13 heteroatoms. The van der Waals surface area contributed by atoms with Crippen molar-refractivity contribution in [2.45, 2.75) is 10.4 Å². The van der Waals surface area contributed by atoms with Gasteiger partial charge in [-0.3, -0.25) is 14.7 Å². The fourth-order valence-electron chi connectivity index (χ4n) is 3.88. The smallest absolute Gasteiger partial charge is 0.310 e. The van der Waals surface area contributed by atoms with Crippen molar-refractivity contribution in [3.8, 4) is 17.2 Å². The largest absolute Gasteiger partial charge is 0.369 e. The van der Waals surface area contributed by atoms with Gasteiger partial charge in [-0.1, -0.05) is 43.7 Å². The van der Waals surface area contributed by atoms with Crippen LogP contribution in [0, 0.1) is 17.1 Å². The van der Waals surface area contributed by atoms with Crippen molar-refractivity contribution >= 4 is 22.1 Å². The minimum absolute atomic E-state index is 0.0622. The van der Waals surface area contributed by atoms with E-state index in [4.69, 9.17) is 11.0 Å². The van der Waals surface area contributed by atoms with E-state index in [2.05, 4.69) is 9.98 Å². The quantitative estimate of drug-likeness (QED) is 0.472. The summed E-state index contributed by atoms with van der Waals surface area (Å²) in [5.41, 5.74) is 1.43. The molecule has 0 saturated carbocycles. The molecule has 1 aliphatic heterocycles. The van der Waals surface area contributed by atoms with E-state index in [0.29, 0.717) is 6.07 Å². The number of nitriles is 1. The van der Waals surface area contributed by atoms with Crippen LogP contribution in [0.4, 0.5) is 23.8 Å². The summed E-state index contributed by atoms with van der Waals surface area (Å²) in [5, 5.41) is 9.10. The number of likely N-dealkylation sites (N-methyl/N-ethyl adjacent to an activating group) is 1. The number of nitrogens with zero attached hydrogens (tertiary/aromatic N) is 4. The van der Waals surface area contributed by atoms with Gasteiger partial charge in [-0.25, -0.2) is 9.38 Å². The molecule has 182 valence electrons. The molecule has 2 N–H and O–H groups in total. The van der Waals surface area contributed by atoms with E-state index in [1.54, 1.807) is 0 Å². The van der Waals surface area contributed by atoms with Crippen molar-refractivity contribution in [3.05, 3.63) is 83.4 Å². The number of benzene rings is 2. The third kappa shape index (κ3) is 3.95. The summed E-state index contributed by atoms with van der Waals surface area (Å²) in [6, 6.07) is 8.60. The molecule has 1 aliphatic rings. The highest BCUT2D eigenvalue weighted by atomic mass is 32.5. The zero-order chi connectivity index (χ0) is 25.9. The van der Waals surface area contributed by atoms with Crippen LogP contribution in [0.1, 0.15) is 16.7 Å². The van der Waals surface area contributed by atoms with Crippen molar-refractivity contribution in [3.63, 3.8) is 0 Å². The molecule has 0 bridgehead atoms. The Morgan fingerprint density at radius 1 is 1.06 bits per heavy atom. The van der Waals surface area contributed by atoms with Crippen molar-refractivity contribution in [1.29, 1.82) is 5.26 Å². The van der Waals surface area contributed by atoms with Gasteiger partial charge in [0, 0.05) is 36.1 Å². The summed E-state index contributed by atoms with van der Waals surface area (Å²) in [4.78, 5) is 19.5. The third-order valence-corrected chi connectivity index (χ3v) is 6.68. The highest BCUT2D eigenvalue weighted by molar-refractivity contribution is 8.45. The molecule has 0 aliphatic carbocycles. The van der Waals surface area contributed by atoms with Crippen LogP contribution >= 0.6 is 10.2 Å². The van der Waals surface area contributed by atoms with Gasteiger partial charge in [-0.05, 0) is 29.8 Å². The van der Waals surface area contributed by atoms with Gasteiger partial charge in [0.1, 0.15) is 16.8 Å². The average Bonchev–Trinajstić information content (AvgIpc) is 3.02. The summed E-state index contributed by atoms with van der Waals surface area (Å²) < 4.78 is 85.1. The lowest BCUT2D eigenvalue weighted by molar-refractivity contribution is -0.129. The molecule has 0 radical (unpaired) electrons. The predicted octanol–water partition coefficient (Wildman–Crippen LogP) is 5.45. The first-order valence-electron chi connectivity index (χ1n) is 9.71. The van der Waals surface area contributed by atoms with Crippen LogP contribution in [0.5, 0.6) is 0 Å². The summed E-state index contributed by atoms with van der Waals surface area (Å²) in [7, 11) is -9.22. The van der Waals surface area contributed by atoms with Gasteiger partial charge >= 0.3 is 10.2 Å². The lowest BCUT2D eigenvalue weighted by Crippen LogP contribution is -2.42. The van der Waals surface area contributed by atoms with E-state index in [1.807, 2.05) is 6.07 Å². The highest BCUT2D eigenvalue weighted by Crippen LogP contribution is 3.02. The molecule has 1 aromatic heterocycles. The second kappa shape index (κ2) is 6.98.